The van der Waals surface area contributed by atoms with Gasteiger partial charge in [-0.15, -0.1) is 6.42 Å². The van der Waals surface area contributed by atoms with Crippen molar-refractivity contribution < 1.29 is 14.3 Å². The quantitative estimate of drug-likeness (QED) is 0.806. The molecule has 3 aliphatic heterocycles. The second-order valence-electron chi connectivity index (χ2n) is 8.31. The highest BCUT2D eigenvalue weighted by Gasteiger charge is 2.39. The van der Waals surface area contributed by atoms with E-state index >= 15 is 4.39 Å². The maximum absolute atomic E-state index is 15.2. The molecule has 2 aromatic rings. The fourth-order valence-corrected chi connectivity index (χ4v) is 4.91. The smallest absolute Gasteiger partial charge is 0.341 e. The average Bonchev–Trinajstić information content (AvgIpc) is 3.54. The number of anilines is 1. The van der Waals surface area contributed by atoms with Crippen LogP contribution in [0.25, 0.3) is 10.9 Å². The molecule has 7 heteroatoms. The fraction of sp³-hybridized carbons (Fsp3) is 0.455. The summed E-state index contributed by atoms with van der Waals surface area (Å²) in [5, 5.41) is 9.52. The van der Waals surface area contributed by atoms with Crippen LogP contribution in [0.3, 0.4) is 0 Å². The van der Waals surface area contributed by atoms with Crippen LogP contribution in [0.1, 0.15) is 42.1 Å². The van der Waals surface area contributed by atoms with Crippen LogP contribution in [-0.2, 0) is 0 Å². The molecule has 0 radical (unpaired) electrons. The first-order valence-corrected chi connectivity index (χ1v) is 10.0. The van der Waals surface area contributed by atoms with Gasteiger partial charge in [-0.05, 0) is 37.8 Å². The Kier molecular flexibility index (Phi) is 4.14. The van der Waals surface area contributed by atoms with E-state index in [1.165, 1.54) is 12.3 Å². The predicted octanol–water partition coefficient (Wildman–Crippen LogP) is 2.46. The van der Waals surface area contributed by atoms with Gasteiger partial charge >= 0.3 is 5.97 Å². The van der Waals surface area contributed by atoms with Gasteiger partial charge in [0.1, 0.15) is 11.4 Å². The summed E-state index contributed by atoms with van der Waals surface area (Å²) in [7, 11) is 0. The zero-order valence-electron chi connectivity index (χ0n) is 16.0. The zero-order chi connectivity index (χ0) is 20.3. The van der Waals surface area contributed by atoms with Crippen molar-refractivity contribution in [2.24, 2.45) is 0 Å². The van der Waals surface area contributed by atoms with Crippen molar-refractivity contribution >= 4 is 22.6 Å². The molecule has 4 aliphatic rings. The molecule has 1 aromatic carbocycles. The topological polar surface area (TPSA) is 65.8 Å². The highest BCUT2D eigenvalue weighted by Crippen LogP contribution is 2.39. The number of carboxylic acids is 1. The van der Waals surface area contributed by atoms with Crippen molar-refractivity contribution in [3.05, 3.63) is 39.9 Å². The Hall–Kier alpha value is -2.85. The molecule has 150 valence electrons. The van der Waals surface area contributed by atoms with Gasteiger partial charge in [0, 0.05) is 42.8 Å². The van der Waals surface area contributed by atoms with Crippen LogP contribution in [0.4, 0.5) is 10.1 Å². The van der Waals surface area contributed by atoms with Crippen LogP contribution in [-0.4, -0.2) is 52.3 Å². The van der Waals surface area contributed by atoms with Gasteiger partial charge in [-0.25, -0.2) is 9.18 Å². The van der Waals surface area contributed by atoms with Gasteiger partial charge in [0.05, 0.1) is 17.7 Å². The number of aromatic carboxylic acids is 1. The molecule has 29 heavy (non-hydrogen) atoms. The molecule has 2 atom stereocenters. The average molecular weight is 395 g/mol. The molecule has 6 rings (SSSR count). The van der Waals surface area contributed by atoms with E-state index in [1.54, 1.807) is 6.07 Å². The van der Waals surface area contributed by atoms with Crippen molar-refractivity contribution in [1.29, 1.82) is 0 Å². The summed E-state index contributed by atoms with van der Waals surface area (Å²) in [5.41, 5.74) is 0.166. The number of hydrogen-bond acceptors (Lipinski definition) is 4. The highest BCUT2D eigenvalue weighted by molar-refractivity contribution is 5.93. The Balaban J connectivity index is 1.62. The second kappa shape index (κ2) is 6.60. The highest BCUT2D eigenvalue weighted by atomic mass is 19.1. The number of aromatic nitrogens is 1. The second-order valence-corrected chi connectivity index (χ2v) is 8.31. The molecule has 4 fully saturated rings. The van der Waals surface area contributed by atoms with Crippen LogP contribution in [0.2, 0.25) is 0 Å². The first-order chi connectivity index (χ1) is 14.0. The van der Waals surface area contributed by atoms with E-state index in [-0.39, 0.29) is 23.0 Å². The summed E-state index contributed by atoms with van der Waals surface area (Å²) in [6.07, 6.45) is 10.8. The lowest BCUT2D eigenvalue weighted by Crippen LogP contribution is -2.62. The first-order valence-electron chi connectivity index (χ1n) is 10.0. The molecule has 1 N–H and O–H groups in total. The van der Waals surface area contributed by atoms with Crippen LogP contribution < -0.4 is 10.3 Å². The number of fused-ring (bicyclic) bond motifs is 4. The van der Waals surface area contributed by atoms with E-state index in [4.69, 9.17) is 6.42 Å². The third-order valence-electron chi connectivity index (χ3n) is 6.52. The van der Waals surface area contributed by atoms with Crippen molar-refractivity contribution in [1.82, 2.24) is 9.47 Å². The van der Waals surface area contributed by atoms with Crippen molar-refractivity contribution in [3.8, 4) is 12.3 Å². The van der Waals surface area contributed by atoms with Gasteiger partial charge in [0.25, 0.3) is 0 Å². The maximum Gasteiger partial charge on any atom is 0.341 e. The van der Waals surface area contributed by atoms with Gasteiger partial charge < -0.3 is 14.6 Å². The molecule has 1 aromatic heterocycles. The number of terminal acetylenes is 1. The number of hydrogen-bond donors (Lipinski definition) is 1. The van der Waals surface area contributed by atoms with Gasteiger partial charge in [0.15, 0.2) is 0 Å². The standard InChI is InChI=1S/C22H22FN3O3/c1-2-7-24-10-15-6-5-14(24)11-25(15)20-9-19-16(8-18(20)23)21(27)17(22(28)29)12-26(19)13-3-4-13/h1,8-9,12-15H,3-7,10-11H2,(H,28,29). The zero-order valence-corrected chi connectivity index (χ0v) is 16.0. The fourth-order valence-electron chi connectivity index (χ4n) is 4.91. The largest absolute Gasteiger partial charge is 0.477 e. The molecule has 6 nitrogen and oxygen atoms in total. The van der Waals surface area contributed by atoms with Gasteiger partial charge in [-0.3, -0.25) is 9.69 Å². The molecular formula is C22H22FN3O3. The molecule has 2 bridgehead atoms. The minimum atomic E-state index is -1.28. The number of benzene rings is 1. The van der Waals surface area contributed by atoms with Crippen molar-refractivity contribution in [2.45, 2.75) is 43.8 Å². The van der Waals surface area contributed by atoms with E-state index in [0.717, 1.165) is 32.2 Å². The molecule has 3 saturated heterocycles. The maximum atomic E-state index is 15.2. The van der Waals surface area contributed by atoms with Crippen LogP contribution in [0.15, 0.2) is 23.1 Å². The SMILES string of the molecule is C#CCN1CC2CCC1CN2c1cc2c(cc1F)c(=O)c(C(=O)O)cn2C1CC1. The molecule has 1 aliphatic carbocycles. The van der Waals surface area contributed by atoms with E-state index in [9.17, 15) is 14.7 Å². The normalized spacial score (nSPS) is 24.1. The summed E-state index contributed by atoms with van der Waals surface area (Å²) in [6, 6.07) is 3.60. The van der Waals surface area contributed by atoms with Crippen molar-refractivity contribution in [2.75, 3.05) is 24.5 Å². The van der Waals surface area contributed by atoms with Crippen LogP contribution in [0, 0.1) is 18.2 Å². The Bertz CT molecular complexity index is 1110. The van der Waals surface area contributed by atoms with Gasteiger partial charge in [-0.1, -0.05) is 5.92 Å². The minimum Gasteiger partial charge on any atom is -0.477 e. The summed E-state index contributed by atoms with van der Waals surface area (Å²) >= 11 is 0. The number of piperazine rings is 1. The monoisotopic (exact) mass is 395 g/mol. The summed E-state index contributed by atoms with van der Waals surface area (Å²) in [4.78, 5) is 28.5. The van der Waals surface area contributed by atoms with Gasteiger partial charge in [0.2, 0.25) is 5.43 Å². The Morgan fingerprint density at radius 3 is 2.52 bits per heavy atom. The number of carbonyl (C=O) groups is 1. The van der Waals surface area contributed by atoms with Crippen LogP contribution in [0.5, 0.6) is 0 Å². The Morgan fingerprint density at radius 2 is 1.90 bits per heavy atom. The molecule has 4 heterocycles. The summed E-state index contributed by atoms with van der Waals surface area (Å²) in [5.74, 6) is 0.951. The van der Waals surface area contributed by atoms with E-state index in [0.29, 0.717) is 30.3 Å². The molecule has 0 spiro atoms. The molecular weight excluding hydrogens is 373 g/mol. The van der Waals surface area contributed by atoms with Crippen LogP contribution >= 0.6 is 0 Å². The van der Waals surface area contributed by atoms with E-state index in [2.05, 4.69) is 15.7 Å². The van der Waals surface area contributed by atoms with Crippen molar-refractivity contribution in [3.63, 3.8) is 0 Å². The Morgan fingerprint density at radius 1 is 1.17 bits per heavy atom. The van der Waals surface area contributed by atoms with Gasteiger partial charge in [-0.2, -0.15) is 0 Å². The Labute approximate surface area is 167 Å². The lowest BCUT2D eigenvalue weighted by atomic mass is 9.90. The number of pyridine rings is 1. The number of carboxylic acid groups (broad SMARTS) is 1. The third kappa shape index (κ3) is 2.90. The number of piperidine rings is 2. The predicted molar refractivity (Wildman–Crippen MR) is 108 cm³/mol. The molecule has 0 amide bonds. The number of rotatable bonds is 4. The van der Waals surface area contributed by atoms with E-state index in [1.807, 2.05) is 4.57 Å². The number of halogens is 1. The summed E-state index contributed by atoms with van der Waals surface area (Å²) < 4.78 is 17.0. The summed E-state index contributed by atoms with van der Waals surface area (Å²) in [6.45, 7) is 2.11. The lowest BCUT2D eigenvalue weighted by Gasteiger charge is -2.52. The minimum absolute atomic E-state index is 0.133. The molecule has 1 saturated carbocycles. The first kappa shape index (κ1) is 18.2. The molecule has 2 unspecified atom stereocenters. The third-order valence-corrected chi connectivity index (χ3v) is 6.52. The van der Waals surface area contributed by atoms with E-state index < -0.39 is 17.2 Å². The number of nitrogens with zero attached hydrogens (tertiary/aromatic N) is 3. The lowest BCUT2D eigenvalue weighted by molar-refractivity contribution is 0.0695.